The quantitative estimate of drug-likeness (QED) is 0.940. The lowest BCUT2D eigenvalue weighted by molar-refractivity contribution is 0.102. The number of nitrogens with one attached hydrogen (secondary N) is 1. The third-order valence-electron chi connectivity index (χ3n) is 3.09. The number of anilines is 1. The first-order valence-corrected chi connectivity index (χ1v) is 8.37. The Hall–Kier alpha value is -2.01. The monoisotopic (exact) mass is 316 g/mol. The van der Waals surface area contributed by atoms with Crippen molar-refractivity contribution in [2.24, 2.45) is 0 Å². The van der Waals surface area contributed by atoms with Crippen LogP contribution in [-0.2, 0) is 16.6 Å². The maximum absolute atomic E-state index is 12.2. The Morgan fingerprint density at radius 3 is 2.64 bits per heavy atom. The van der Waals surface area contributed by atoms with Gasteiger partial charge in [-0.15, -0.1) is 0 Å². The highest BCUT2D eigenvalue weighted by molar-refractivity contribution is 7.85. The first kappa shape index (κ1) is 16.4. The van der Waals surface area contributed by atoms with Gasteiger partial charge in [-0.3, -0.25) is 14.0 Å². The van der Waals surface area contributed by atoms with E-state index in [4.69, 9.17) is 0 Å². The molecule has 1 amide bonds. The molecule has 0 spiro atoms. The maximum atomic E-state index is 12.2. The summed E-state index contributed by atoms with van der Waals surface area (Å²) in [5.41, 5.74) is 2.14. The Bertz CT molecular complexity index is 679. The van der Waals surface area contributed by atoms with E-state index in [-0.39, 0.29) is 10.7 Å². The zero-order valence-corrected chi connectivity index (χ0v) is 13.8. The molecule has 4 nitrogen and oxygen atoms in total. The zero-order valence-electron chi connectivity index (χ0n) is 13.0. The van der Waals surface area contributed by atoms with E-state index in [1.807, 2.05) is 45.0 Å². The van der Waals surface area contributed by atoms with Gasteiger partial charge in [0.1, 0.15) is 0 Å². The number of rotatable bonds is 4. The summed E-state index contributed by atoms with van der Waals surface area (Å²) in [4.78, 5) is 16.0. The summed E-state index contributed by atoms with van der Waals surface area (Å²) in [7, 11) is -0.968. The Kier molecular flexibility index (Phi) is 5.08. The Morgan fingerprint density at radius 1 is 1.23 bits per heavy atom. The Labute approximate surface area is 133 Å². The van der Waals surface area contributed by atoms with Crippen molar-refractivity contribution in [2.45, 2.75) is 31.3 Å². The lowest BCUT2D eigenvalue weighted by Gasteiger charge is -2.18. The van der Waals surface area contributed by atoms with Crippen LogP contribution in [0.5, 0.6) is 0 Å². The van der Waals surface area contributed by atoms with E-state index in [1.54, 1.807) is 18.3 Å². The van der Waals surface area contributed by atoms with Gasteiger partial charge in [0.15, 0.2) is 0 Å². The summed E-state index contributed by atoms with van der Waals surface area (Å²) < 4.78 is 11.9. The van der Waals surface area contributed by atoms with E-state index < -0.39 is 10.8 Å². The minimum atomic E-state index is -0.968. The highest BCUT2D eigenvalue weighted by atomic mass is 32.2. The third kappa shape index (κ3) is 4.49. The molecule has 1 aromatic carbocycles. The number of carbonyl (C=O) groups excluding carboxylic acids is 1. The topological polar surface area (TPSA) is 59.1 Å². The zero-order chi connectivity index (χ0) is 16.2. The molecule has 5 heteroatoms. The number of benzene rings is 1. The molecule has 1 N–H and O–H groups in total. The van der Waals surface area contributed by atoms with E-state index in [1.165, 1.54) is 6.20 Å². The molecule has 2 rings (SSSR count). The minimum Gasteiger partial charge on any atom is -0.322 e. The molecular formula is C17H20N2O2S. The van der Waals surface area contributed by atoms with Gasteiger partial charge in [-0.1, -0.05) is 12.1 Å². The van der Waals surface area contributed by atoms with Gasteiger partial charge in [0.2, 0.25) is 0 Å². The molecule has 116 valence electrons. The molecule has 0 fully saturated rings. The molecule has 0 saturated heterocycles. The summed E-state index contributed by atoms with van der Waals surface area (Å²) in [6.45, 7) is 5.87. The molecule has 0 saturated carbocycles. The summed E-state index contributed by atoms with van der Waals surface area (Å²) >= 11 is 0. The fourth-order valence-corrected chi connectivity index (χ4v) is 2.72. The standard InChI is InChI=1S/C17H20N2O2S/c1-17(2,3)22(21)12-13-6-4-8-15(10-13)19-16(20)14-7-5-9-18-11-14/h4-11H,12H2,1-3H3,(H,19,20). The van der Waals surface area contributed by atoms with Gasteiger partial charge in [-0.05, 0) is 50.6 Å². The number of pyridine rings is 1. The number of nitrogens with zero attached hydrogens (tertiary/aromatic N) is 1. The molecule has 0 aliphatic carbocycles. The molecule has 22 heavy (non-hydrogen) atoms. The van der Waals surface area contributed by atoms with E-state index in [2.05, 4.69) is 10.3 Å². The van der Waals surface area contributed by atoms with Gasteiger partial charge in [-0.2, -0.15) is 0 Å². The molecular weight excluding hydrogens is 296 g/mol. The summed E-state index contributed by atoms with van der Waals surface area (Å²) in [6.07, 6.45) is 3.15. The van der Waals surface area contributed by atoms with Crippen LogP contribution < -0.4 is 5.32 Å². The van der Waals surface area contributed by atoms with Gasteiger partial charge in [-0.25, -0.2) is 0 Å². The smallest absolute Gasteiger partial charge is 0.257 e. The second kappa shape index (κ2) is 6.83. The second-order valence-corrected chi connectivity index (χ2v) is 8.20. The first-order chi connectivity index (χ1) is 10.4. The number of carbonyl (C=O) groups is 1. The van der Waals surface area contributed by atoms with E-state index in [0.717, 1.165) is 5.56 Å². The van der Waals surface area contributed by atoms with Crippen LogP contribution in [0.15, 0.2) is 48.8 Å². The van der Waals surface area contributed by atoms with Gasteiger partial charge in [0, 0.05) is 39.4 Å². The van der Waals surface area contributed by atoms with Crippen LogP contribution in [0, 0.1) is 0 Å². The van der Waals surface area contributed by atoms with Crippen molar-refractivity contribution in [3.63, 3.8) is 0 Å². The molecule has 0 bridgehead atoms. The molecule has 2 aromatic rings. The number of aromatic nitrogens is 1. The minimum absolute atomic E-state index is 0.206. The van der Waals surface area contributed by atoms with E-state index >= 15 is 0 Å². The summed E-state index contributed by atoms with van der Waals surface area (Å²) in [5, 5.41) is 2.83. The van der Waals surface area contributed by atoms with Crippen LogP contribution in [-0.4, -0.2) is 19.8 Å². The molecule has 0 aliphatic heterocycles. The van der Waals surface area contributed by atoms with Crippen molar-refractivity contribution in [2.75, 3.05) is 5.32 Å². The normalized spacial score (nSPS) is 12.7. The fraction of sp³-hybridized carbons (Fsp3) is 0.294. The van der Waals surface area contributed by atoms with Crippen molar-refractivity contribution >= 4 is 22.4 Å². The van der Waals surface area contributed by atoms with Crippen molar-refractivity contribution in [3.8, 4) is 0 Å². The predicted molar refractivity (Wildman–Crippen MR) is 90.2 cm³/mol. The SMILES string of the molecule is CC(C)(C)S(=O)Cc1cccc(NC(=O)c2cccnc2)c1. The lowest BCUT2D eigenvalue weighted by atomic mass is 10.2. The fourth-order valence-electron chi connectivity index (χ4n) is 1.81. The lowest BCUT2D eigenvalue weighted by Crippen LogP contribution is -2.23. The van der Waals surface area contributed by atoms with Crippen molar-refractivity contribution in [1.82, 2.24) is 4.98 Å². The van der Waals surface area contributed by atoms with Gasteiger partial charge >= 0.3 is 0 Å². The van der Waals surface area contributed by atoms with E-state index in [9.17, 15) is 9.00 Å². The Morgan fingerprint density at radius 2 is 2.00 bits per heavy atom. The summed E-state index contributed by atoms with van der Waals surface area (Å²) in [6, 6.07) is 10.9. The largest absolute Gasteiger partial charge is 0.322 e. The first-order valence-electron chi connectivity index (χ1n) is 7.05. The average molecular weight is 316 g/mol. The molecule has 0 aliphatic rings. The second-order valence-electron chi connectivity index (χ2n) is 6.00. The number of hydrogen-bond acceptors (Lipinski definition) is 3. The Balaban J connectivity index is 2.09. The molecule has 1 unspecified atom stereocenters. The predicted octanol–water partition coefficient (Wildman–Crippen LogP) is 3.38. The van der Waals surface area contributed by atoms with Crippen LogP contribution in [0.3, 0.4) is 0 Å². The van der Waals surface area contributed by atoms with Crippen LogP contribution >= 0.6 is 0 Å². The van der Waals surface area contributed by atoms with Gasteiger partial charge in [0.05, 0.1) is 5.56 Å². The molecule has 0 radical (unpaired) electrons. The number of amides is 1. The highest BCUT2D eigenvalue weighted by Crippen LogP contribution is 2.19. The van der Waals surface area contributed by atoms with Crippen LogP contribution in [0.1, 0.15) is 36.7 Å². The van der Waals surface area contributed by atoms with Gasteiger partial charge in [0.25, 0.3) is 5.91 Å². The summed E-state index contributed by atoms with van der Waals surface area (Å²) in [5.74, 6) is 0.266. The third-order valence-corrected chi connectivity index (χ3v) is 5.05. The molecule has 1 aromatic heterocycles. The van der Waals surface area contributed by atoms with Crippen LogP contribution in [0.4, 0.5) is 5.69 Å². The van der Waals surface area contributed by atoms with Crippen molar-refractivity contribution < 1.29 is 9.00 Å². The van der Waals surface area contributed by atoms with Crippen molar-refractivity contribution in [1.29, 1.82) is 0 Å². The number of hydrogen-bond donors (Lipinski definition) is 1. The molecule has 1 heterocycles. The van der Waals surface area contributed by atoms with Crippen LogP contribution in [0.2, 0.25) is 0 Å². The van der Waals surface area contributed by atoms with Crippen LogP contribution in [0.25, 0.3) is 0 Å². The maximum Gasteiger partial charge on any atom is 0.257 e. The molecule has 1 atom stereocenters. The van der Waals surface area contributed by atoms with Crippen molar-refractivity contribution in [3.05, 3.63) is 59.9 Å². The average Bonchev–Trinajstić information content (AvgIpc) is 2.47. The highest BCUT2D eigenvalue weighted by Gasteiger charge is 2.19. The van der Waals surface area contributed by atoms with E-state index in [0.29, 0.717) is 17.0 Å². The van der Waals surface area contributed by atoms with Gasteiger partial charge < -0.3 is 5.32 Å².